The summed E-state index contributed by atoms with van der Waals surface area (Å²) in [6, 6.07) is 0. The van der Waals surface area contributed by atoms with E-state index in [-0.39, 0.29) is 12.0 Å². The van der Waals surface area contributed by atoms with Gasteiger partial charge in [0.2, 0.25) is 5.91 Å². The normalized spacial score (nSPS) is 28.5. The van der Waals surface area contributed by atoms with Crippen LogP contribution >= 0.6 is 0 Å². The van der Waals surface area contributed by atoms with Crippen molar-refractivity contribution < 1.29 is 9.53 Å². The van der Waals surface area contributed by atoms with Crippen LogP contribution in [0.3, 0.4) is 0 Å². The highest BCUT2D eigenvalue weighted by molar-refractivity contribution is 5.80. The van der Waals surface area contributed by atoms with Crippen LogP contribution in [0.15, 0.2) is 0 Å². The Morgan fingerprint density at radius 3 is 3.00 bits per heavy atom. The van der Waals surface area contributed by atoms with Crippen LogP contribution in [0.1, 0.15) is 12.8 Å². The predicted molar refractivity (Wildman–Crippen MR) is 48.3 cm³/mol. The molecule has 2 fully saturated rings. The van der Waals surface area contributed by atoms with E-state index < -0.39 is 0 Å². The van der Waals surface area contributed by atoms with Gasteiger partial charge in [0.1, 0.15) is 0 Å². The standard InChI is InChI=1S/C9H16N2O2/c12-9(7-1-2-7)11-6-8-5-10-3-4-13-8/h7-8,10H,1-6H2,(H,11,12)/t8-/m1/s1. The maximum absolute atomic E-state index is 11.3. The van der Waals surface area contributed by atoms with Crippen molar-refractivity contribution in [2.24, 2.45) is 5.92 Å². The van der Waals surface area contributed by atoms with Crippen LogP contribution in [0, 0.1) is 5.92 Å². The Kier molecular flexibility index (Phi) is 2.80. The zero-order valence-corrected chi connectivity index (χ0v) is 7.71. The van der Waals surface area contributed by atoms with Crippen LogP contribution in [0.2, 0.25) is 0 Å². The molecule has 1 heterocycles. The largest absolute Gasteiger partial charge is 0.374 e. The summed E-state index contributed by atoms with van der Waals surface area (Å²) < 4.78 is 5.45. The number of nitrogens with one attached hydrogen (secondary N) is 2. The fraction of sp³-hybridized carbons (Fsp3) is 0.889. The molecule has 0 bridgehead atoms. The average Bonchev–Trinajstić information content (AvgIpc) is 2.99. The molecule has 0 radical (unpaired) electrons. The number of carbonyl (C=O) groups is 1. The second kappa shape index (κ2) is 4.07. The molecule has 2 N–H and O–H groups in total. The first kappa shape index (κ1) is 8.97. The average molecular weight is 184 g/mol. The van der Waals surface area contributed by atoms with E-state index in [0.29, 0.717) is 12.5 Å². The quantitative estimate of drug-likeness (QED) is 0.622. The third kappa shape index (κ3) is 2.67. The van der Waals surface area contributed by atoms with Crippen molar-refractivity contribution in [1.29, 1.82) is 0 Å². The minimum absolute atomic E-state index is 0.163. The fourth-order valence-corrected chi connectivity index (χ4v) is 1.46. The van der Waals surface area contributed by atoms with Crippen LogP contribution in [0.4, 0.5) is 0 Å². The van der Waals surface area contributed by atoms with Gasteiger partial charge in [-0.1, -0.05) is 0 Å². The van der Waals surface area contributed by atoms with Crippen molar-refractivity contribution in [2.45, 2.75) is 18.9 Å². The summed E-state index contributed by atoms with van der Waals surface area (Å²) in [4.78, 5) is 11.3. The summed E-state index contributed by atoms with van der Waals surface area (Å²) >= 11 is 0. The van der Waals surface area contributed by atoms with Crippen LogP contribution in [0.5, 0.6) is 0 Å². The van der Waals surface area contributed by atoms with Crippen LogP contribution in [-0.4, -0.2) is 38.3 Å². The second-order valence-corrected chi connectivity index (χ2v) is 3.72. The lowest BCUT2D eigenvalue weighted by Gasteiger charge is -2.23. The van der Waals surface area contributed by atoms with Crippen molar-refractivity contribution in [3.05, 3.63) is 0 Å². The maximum atomic E-state index is 11.3. The zero-order valence-electron chi connectivity index (χ0n) is 7.71. The molecule has 4 nitrogen and oxygen atoms in total. The summed E-state index contributed by atoms with van der Waals surface area (Å²) in [5.41, 5.74) is 0. The van der Waals surface area contributed by atoms with E-state index in [1.54, 1.807) is 0 Å². The third-order valence-electron chi connectivity index (χ3n) is 2.46. The van der Waals surface area contributed by atoms with E-state index in [1.165, 1.54) is 0 Å². The highest BCUT2D eigenvalue weighted by Gasteiger charge is 2.29. The van der Waals surface area contributed by atoms with E-state index in [0.717, 1.165) is 32.5 Å². The van der Waals surface area contributed by atoms with Crippen molar-refractivity contribution in [3.63, 3.8) is 0 Å². The highest BCUT2D eigenvalue weighted by Crippen LogP contribution is 2.28. The van der Waals surface area contributed by atoms with Gasteiger partial charge < -0.3 is 15.4 Å². The van der Waals surface area contributed by atoms with Gasteiger partial charge in [-0.05, 0) is 12.8 Å². The molecule has 0 aromatic rings. The summed E-state index contributed by atoms with van der Waals surface area (Å²) in [6.07, 6.45) is 2.29. The highest BCUT2D eigenvalue weighted by atomic mass is 16.5. The Morgan fingerprint density at radius 2 is 2.38 bits per heavy atom. The lowest BCUT2D eigenvalue weighted by Crippen LogP contribution is -2.45. The molecule has 1 aliphatic heterocycles. The van der Waals surface area contributed by atoms with Gasteiger partial charge in [-0.15, -0.1) is 0 Å². The third-order valence-corrected chi connectivity index (χ3v) is 2.46. The van der Waals surface area contributed by atoms with Gasteiger partial charge in [-0.2, -0.15) is 0 Å². The van der Waals surface area contributed by atoms with E-state index in [2.05, 4.69) is 10.6 Å². The summed E-state index contributed by atoms with van der Waals surface area (Å²) in [6.45, 7) is 3.18. The number of hydrogen-bond donors (Lipinski definition) is 2. The molecule has 1 amide bonds. The fourth-order valence-electron chi connectivity index (χ4n) is 1.46. The van der Waals surface area contributed by atoms with Crippen molar-refractivity contribution >= 4 is 5.91 Å². The van der Waals surface area contributed by atoms with Gasteiger partial charge in [0.05, 0.1) is 12.7 Å². The van der Waals surface area contributed by atoms with Gasteiger partial charge >= 0.3 is 0 Å². The smallest absolute Gasteiger partial charge is 0.223 e. The zero-order chi connectivity index (χ0) is 9.10. The van der Waals surface area contributed by atoms with E-state index in [9.17, 15) is 4.79 Å². The number of carbonyl (C=O) groups excluding carboxylic acids is 1. The summed E-state index contributed by atoms with van der Waals surface area (Å²) in [5, 5.41) is 6.14. The lowest BCUT2D eigenvalue weighted by molar-refractivity contribution is -0.123. The molecule has 0 spiro atoms. The van der Waals surface area contributed by atoms with Gasteiger partial charge in [-0.25, -0.2) is 0 Å². The Balaban J connectivity index is 1.62. The maximum Gasteiger partial charge on any atom is 0.223 e. The molecule has 74 valence electrons. The molecular formula is C9H16N2O2. The van der Waals surface area contributed by atoms with Crippen LogP contribution in [-0.2, 0) is 9.53 Å². The SMILES string of the molecule is O=C(NC[C@H]1CNCCO1)C1CC1. The molecule has 13 heavy (non-hydrogen) atoms. The molecule has 1 aliphatic carbocycles. The molecule has 1 atom stereocenters. The van der Waals surface area contributed by atoms with E-state index >= 15 is 0 Å². The van der Waals surface area contributed by atoms with Gasteiger partial charge in [0.25, 0.3) is 0 Å². The number of hydrogen-bond acceptors (Lipinski definition) is 3. The lowest BCUT2D eigenvalue weighted by atomic mass is 10.3. The summed E-state index contributed by atoms with van der Waals surface area (Å²) in [5.74, 6) is 0.505. The molecule has 0 aromatic carbocycles. The minimum atomic E-state index is 0.163. The number of morpholine rings is 1. The second-order valence-electron chi connectivity index (χ2n) is 3.72. The van der Waals surface area contributed by atoms with Gasteiger partial charge in [0.15, 0.2) is 0 Å². The number of rotatable bonds is 3. The van der Waals surface area contributed by atoms with Crippen LogP contribution < -0.4 is 10.6 Å². The van der Waals surface area contributed by atoms with E-state index in [4.69, 9.17) is 4.74 Å². The molecule has 0 unspecified atom stereocenters. The molecule has 1 saturated heterocycles. The molecule has 2 rings (SSSR count). The van der Waals surface area contributed by atoms with Gasteiger partial charge in [-0.3, -0.25) is 4.79 Å². The molecule has 2 aliphatic rings. The Labute approximate surface area is 78.0 Å². The number of ether oxygens (including phenoxy) is 1. The first-order valence-electron chi connectivity index (χ1n) is 4.96. The van der Waals surface area contributed by atoms with Crippen molar-refractivity contribution in [2.75, 3.05) is 26.2 Å². The van der Waals surface area contributed by atoms with Crippen LogP contribution in [0.25, 0.3) is 0 Å². The molecule has 4 heteroatoms. The van der Waals surface area contributed by atoms with E-state index in [1.807, 2.05) is 0 Å². The molecule has 1 saturated carbocycles. The Hall–Kier alpha value is -0.610. The van der Waals surface area contributed by atoms with Crippen molar-refractivity contribution in [3.8, 4) is 0 Å². The number of amides is 1. The first-order valence-corrected chi connectivity index (χ1v) is 4.96. The van der Waals surface area contributed by atoms with Crippen molar-refractivity contribution in [1.82, 2.24) is 10.6 Å². The van der Waals surface area contributed by atoms with Gasteiger partial charge in [0, 0.05) is 25.6 Å². The topological polar surface area (TPSA) is 50.4 Å². The monoisotopic (exact) mass is 184 g/mol. The minimum Gasteiger partial charge on any atom is -0.374 e. The first-order chi connectivity index (χ1) is 6.36. The summed E-state index contributed by atoms with van der Waals surface area (Å²) in [7, 11) is 0. The Bertz CT molecular complexity index is 186. The Morgan fingerprint density at radius 1 is 1.54 bits per heavy atom. The molecular weight excluding hydrogens is 168 g/mol. The molecule has 0 aromatic heterocycles. The predicted octanol–water partition coefficient (Wildman–Crippen LogP) is -0.499.